The number of carbonyl (C=O) groups is 2. The molecule has 2 aromatic rings. The van der Waals surface area contributed by atoms with Gasteiger partial charge in [0.1, 0.15) is 0 Å². The van der Waals surface area contributed by atoms with E-state index >= 15 is 0 Å². The third-order valence-electron chi connectivity index (χ3n) is 4.41. The van der Waals surface area contributed by atoms with Gasteiger partial charge < -0.3 is 15.5 Å². The summed E-state index contributed by atoms with van der Waals surface area (Å²) in [4.78, 5) is 26.0. The highest BCUT2D eigenvalue weighted by Crippen LogP contribution is 2.25. The van der Waals surface area contributed by atoms with Crippen LogP contribution in [-0.4, -0.2) is 25.0 Å². The lowest BCUT2D eigenvalue weighted by molar-refractivity contribution is -0.117. The van der Waals surface area contributed by atoms with Crippen LogP contribution in [0.5, 0.6) is 0 Å². The zero-order valence-electron chi connectivity index (χ0n) is 14.6. The Hall–Kier alpha value is -2.82. The van der Waals surface area contributed by atoms with Gasteiger partial charge in [-0.1, -0.05) is 35.4 Å². The van der Waals surface area contributed by atoms with Gasteiger partial charge in [0.15, 0.2) is 0 Å². The van der Waals surface area contributed by atoms with Crippen LogP contribution in [0.1, 0.15) is 17.5 Å². The molecule has 3 amide bonds. The Bertz CT molecular complexity index is 754. The molecule has 1 atom stereocenters. The number of benzene rings is 2. The second-order valence-electron chi connectivity index (χ2n) is 6.61. The van der Waals surface area contributed by atoms with E-state index in [-0.39, 0.29) is 17.9 Å². The summed E-state index contributed by atoms with van der Waals surface area (Å²) in [6, 6.07) is 15.3. The van der Waals surface area contributed by atoms with E-state index in [1.807, 2.05) is 62.4 Å². The molecule has 0 saturated carbocycles. The maximum atomic E-state index is 12.2. The molecule has 0 aromatic heterocycles. The first-order valence-electron chi connectivity index (χ1n) is 8.50. The van der Waals surface area contributed by atoms with Crippen LogP contribution in [0.2, 0.25) is 0 Å². The number of amides is 3. The quantitative estimate of drug-likeness (QED) is 0.897. The average molecular weight is 337 g/mol. The molecule has 5 nitrogen and oxygen atoms in total. The number of urea groups is 1. The van der Waals surface area contributed by atoms with E-state index in [1.165, 1.54) is 5.56 Å². The third kappa shape index (κ3) is 4.38. The normalized spacial score (nSPS) is 16.8. The maximum Gasteiger partial charge on any atom is 0.319 e. The molecule has 1 saturated heterocycles. The summed E-state index contributed by atoms with van der Waals surface area (Å²) in [6.45, 7) is 5.13. The summed E-state index contributed by atoms with van der Waals surface area (Å²) in [6.07, 6.45) is 0.457. The number of aryl methyl sites for hydroxylation is 2. The Balaban J connectivity index is 1.50. The topological polar surface area (TPSA) is 61.4 Å². The number of hydrogen-bond acceptors (Lipinski definition) is 2. The van der Waals surface area contributed by atoms with Crippen molar-refractivity contribution in [3.8, 4) is 0 Å². The number of nitrogens with one attached hydrogen (secondary N) is 2. The van der Waals surface area contributed by atoms with Crippen LogP contribution in [-0.2, 0) is 4.79 Å². The largest absolute Gasteiger partial charge is 0.338 e. The second kappa shape index (κ2) is 7.38. The molecule has 1 aliphatic heterocycles. The summed E-state index contributed by atoms with van der Waals surface area (Å²) >= 11 is 0. The van der Waals surface area contributed by atoms with Gasteiger partial charge in [-0.3, -0.25) is 4.79 Å². The molecule has 0 aliphatic carbocycles. The van der Waals surface area contributed by atoms with E-state index in [0.717, 1.165) is 16.9 Å². The van der Waals surface area contributed by atoms with Gasteiger partial charge in [-0.25, -0.2) is 4.79 Å². The Morgan fingerprint density at radius 2 is 1.64 bits per heavy atom. The van der Waals surface area contributed by atoms with E-state index < -0.39 is 0 Å². The molecule has 2 aromatic carbocycles. The minimum absolute atomic E-state index is 0.106. The molecule has 5 heteroatoms. The molecule has 1 heterocycles. The predicted molar refractivity (Wildman–Crippen MR) is 99.8 cm³/mol. The second-order valence-corrected chi connectivity index (χ2v) is 6.61. The Kier molecular flexibility index (Phi) is 5.03. The molecule has 3 rings (SSSR count). The molecule has 0 bridgehead atoms. The molecular weight excluding hydrogens is 314 g/mol. The number of nitrogens with zero attached hydrogens (tertiary/aromatic N) is 1. The van der Waals surface area contributed by atoms with Gasteiger partial charge in [-0.05, 0) is 38.1 Å². The van der Waals surface area contributed by atoms with Crippen molar-refractivity contribution in [2.75, 3.05) is 23.3 Å². The molecule has 2 N–H and O–H groups in total. The predicted octanol–water partition coefficient (Wildman–Crippen LogP) is 3.48. The molecule has 1 fully saturated rings. The van der Waals surface area contributed by atoms with E-state index in [2.05, 4.69) is 10.6 Å². The Morgan fingerprint density at radius 1 is 1.04 bits per heavy atom. The fraction of sp³-hybridized carbons (Fsp3) is 0.300. The summed E-state index contributed by atoms with van der Waals surface area (Å²) in [5, 5.41) is 5.67. The van der Waals surface area contributed by atoms with Crippen LogP contribution < -0.4 is 15.5 Å². The molecule has 0 spiro atoms. The van der Waals surface area contributed by atoms with Crippen LogP contribution in [0, 0.1) is 19.8 Å². The average Bonchev–Trinajstić information content (AvgIpc) is 2.97. The van der Waals surface area contributed by atoms with E-state index in [9.17, 15) is 9.59 Å². The number of rotatable bonds is 4. The monoisotopic (exact) mass is 337 g/mol. The Labute approximate surface area is 148 Å². The first-order valence-corrected chi connectivity index (χ1v) is 8.50. The Morgan fingerprint density at radius 3 is 2.28 bits per heavy atom. The first-order chi connectivity index (χ1) is 12.0. The van der Waals surface area contributed by atoms with Crippen molar-refractivity contribution in [1.29, 1.82) is 0 Å². The highest BCUT2D eigenvalue weighted by atomic mass is 16.2. The van der Waals surface area contributed by atoms with Crippen molar-refractivity contribution in [2.24, 2.45) is 5.92 Å². The molecular formula is C20H23N3O2. The van der Waals surface area contributed by atoms with Crippen LogP contribution in [0.25, 0.3) is 0 Å². The zero-order chi connectivity index (χ0) is 17.8. The summed E-state index contributed by atoms with van der Waals surface area (Å²) in [7, 11) is 0. The molecule has 130 valence electrons. The molecule has 1 aliphatic rings. The van der Waals surface area contributed by atoms with Gasteiger partial charge >= 0.3 is 6.03 Å². The third-order valence-corrected chi connectivity index (χ3v) is 4.41. The maximum absolute atomic E-state index is 12.2. The van der Waals surface area contributed by atoms with Gasteiger partial charge in [0.25, 0.3) is 0 Å². The lowest BCUT2D eigenvalue weighted by Crippen LogP contribution is -2.34. The zero-order valence-corrected chi connectivity index (χ0v) is 14.6. The summed E-state index contributed by atoms with van der Waals surface area (Å²) in [5.41, 5.74) is 3.99. The van der Waals surface area contributed by atoms with Crippen LogP contribution >= 0.6 is 0 Å². The van der Waals surface area contributed by atoms with Crippen molar-refractivity contribution in [1.82, 2.24) is 5.32 Å². The lowest BCUT2D eigenvalue weighted by Gasteiger charge is -2.17. The highest BCUT2D eigenvalue weighted by Gasteiger charge is 2.30. The fourth-order valence-electron chi connectivity index (χ4n) is 2.94. The molecule has 25 heavy (non-hydrogen) atoms. The number of hydrogen-bond donors (Lipinski definition) is 2. The van der Waals surface area contributed by atoms with Gasteiger partial charge in [0, 0.05) is 36.8 Å². The van der Waals surface area contributed by atoms with Gasteiger partial charge in [-0.2, -0.15) is 0 Å². The molecule has 0 radical (unpaired) electrons. The van der Waals surface area contributed by atoms with Crippen LogP contribution in [0.15, 0.2) is 48.5 Å². The first kappa shape index (κ1) is 17.0. The van der Waals surface area contributed by atoms with E-state index in [1.54, 1.807) is 4.90 Å². The molecule has 0 unspecified atom stereocenters. The van der Waals surface area contributed by atoms with Gasteiger partial charge in [-0.15, -0.1) is 0 Å². The van der Waals surface area contributed by atoms with Crippen molar-refractivity contribution in [3.63, 3.8) is 0 Å². The van der Waals surface area contributed by atoms with Crippen molar-refractivity contribution >= 4 is 23.3 Å². The number of anilines is 2. The highest BCUT2D eigenvalue weighted by molar-refractivity contribution is 5.96. The minimum atomic E-state index is -0.245. The van der Waals surface area contributed by atoms with Crippen LogP contribution in [0.3, 0.4) is 0 Å². The lowest BCUT2D eigenvalue weighted by atomic mass is 10.1. The minimum Gasteiger partial charge on any atom is -0.338 e. The standard InChI is InChI=1S/C20H23N3O2/c1-14-3-7-17(8-4-14)22-20(25)21-12-16-11-19(24)23(13-16)18-9-5-15(2)6-10-18/h3-10,16H,11-13H2,1-2H3,(H2,21,22,25)/t16-/m0/s1. The van der Waals surface area contributed by atoms with Crippen molar-refractivity contribution in [2.45, 2.75) is 20.3 Å². The van der Waals surface area contributed by atoms with Gasteiger partial charge in [0.2, 0.25) is 5.91 Å². The summed E-state index contributed by atoms with van der Waals surface area (Å²) in [5.74, 6) is 0.229. The van der Waals surface area contributed by atoms with Gasteiger partial charge in [0.05, 0.1) is 0 Å². The van der Waals surface area contributed by atoms with E-state index in [4.69, 9.17) is 0 Å². The number of carbonyl (C=O) groups excluding carboxylic acids is 2. The van der Waals surface area contributed by atoms with Crippen molar-refractivity contribution < 1.29 is 9.59 Å². The fourth-order valence-corrected chi connectivity index (χ4v) is 2.94. The SMILES string of the molecule is Cc1ccc(NC(=O)NC[C@@H]2CC(=O)N(c3ccc(C)cc3)C2)cc1. The van der Waals surface area contributed by atoms with Crippen molar-refractivity contribution in [3.05, 3.63) is 59.7 Å². The summed E-state index contributed by atoms with van der Waals surface area (Å²) < 4.78 is 0. The van der Waals surface area contributed by atoms with E-state index in [0.29, 0.717) is 19.5 Å². The smallest absolute Gasteiger partial charge is 0.319 e. The van der Waals surface area contributed by atoms with Crippen LogP contribution in [0.4, 0.5) is 16.2 Å².